The highest BCUT2D eigenvalue weighted by atomic mass is 35.5. The summed E-state index contributed by atoms with van der Waals surface area (Å²) in [5, 5.41) is 1.20. The van der Waals surface area contributed by atoms with Crippen molar-refractivity contribution in [1.82, 2.24) is 4.90 Å². The molecule has 18 heavy (non-hydrogen) atoms. The highest BCUT2D eigenvalue weighted by Gasteiger charge is 2.39. The van der Waals surface area contributed by atoms with Gasteiger partial charge in [0.25, 0.3) is 0 Å². The van der Waals surface area contributed by atoms with E-state index in [4.69, 9.17) is 27.9 Å². The zero-order valence-corrected chi connectivity index (χ0v) is 12.4. The Balaban J connectivity index is 2.30. The summed E-state index contributed by atoms with van der Waals surface area (Å²) in [6.45, 7) is 4.85. The van der Waals surface area contributed by atoms with E-state index in [1.807, 2.05) is 18.2 Å². The van der Waals surface area contributed by atoms with E-state index >= 15 is 0 Å². The van der Waals surface area contributed by atoms with Gasteiger partial charge in [0, 0.05) is 19.7 Å². The molecule has 1 aromatic carbocycles. The molecular formula is C14H19Cl2NO. The van der Waals surface area contributed by atoms with Crippen molar-refractivity contribution < 1.29 is 4.74 Å². The molecule has 0 saturated carbocycles. The van der Waals surface area contributed by atoms with E-state index in [-0.39, 0.29) is 5.60 Å². The van der Waals surface area contributed by atoms with Crippen LogP contribution in [0.4, 0.5) is 0 Å². The van der Waals surface area contributed by atoms with Crippen LogP contribution in [-0.2, 0) is 10.3 Å². The molecule has 1 aliphatic rings. The van der Waals surface area contributed by atoms with E-state index in [1.165, 1.54) is 0 Å². The average Bonchev–Trinajstić information content (AvgIpc) is 2.73. The molecule has 1 aromatic rings. The van der Waals surface area contributed by atoms with Crippen LogP contribution in [0.1, 0.15) is 25.3 Å². The summed E-state index contributed by atoms with van der Waals surface area (Å²) in [5.41, 5.74) is 0.911. The number of ether oxygens (including phenoxy) is 1. The van der Waals surface area contributed by atoms with Crippen LogP contribution in [0.25, 0.3) is 0 Å². The molecule has 0 N–H and O–H groups in total. The average molecular weight is 288 g/mol. The number of hydrogen-bond acceptors (Lipinski definition) is 2. The van der Waals surface area contributed by atoms with Crippen LogP contribution in [0.2, 0.25) is 10.0 Å². The first-order chi connectivity index (χ1) is 8.57. The molecule has 1 saturated heterocycles. The Hall–Kier alpha value is -0.280. The molecule has 1 aliphatic heterocycles. The van der Waals surface area contributed by atoms with Gasteiger partial charge in [-0.1, -0.05) is 36.2 Å². The van der Waals surface area contributed by atoms with Crippen molar-refractivity contribution in [2.45, 2.75) is 25.4 Å². The third kappa shape index (κ3) is 2.83. The lowest BCUT2D eigenvalue weighted by atomic mass is 9.92. The van der Waals surface area contributed by atoms with Crippen molar-refractivity contribution in [3.05, 3.63) is 33.8 Å². The summed E-state index contributed by atoms with van der Waals surface area (Å²) in [7, 11) is 2.12. The largest absolute Gasteiger partial charge is 0.369 e. The molecule has 0 spiro atoms. The van der Waals surface area contributed by atoms with Crippen molar-refractivity contribution in [3.63, 3.8) is 0 Å². The second-order valence-electron chi connectivity index (χ2n) is 4.96. The summed E-state index contributed by atoms with van der Waals surface area (Å²) in [6, 6.07) is 5.83. The van der Waals surface area contributed by atoms with Gasteiger partial charge >= 0.3 is 0 Å². The molecular weight excluding hydrogens is 269 g/mol. The van der Waals surface area contributed by atoms with Crippen LogP contribution < -0.4 is 0 Å². The van der Waals surface area contributed by atoms with Gasteiger partial charge in [0.15, 0.2) is 0 Å². The molecule has 0 aliphatic carbocycles. The summed E-state index contributed by atoms with van der Waals surface area (Å²) in [6.07, 6.45) is 2.02. The maximum atomic E-state index is 6.15. The van der Waals surface area contributed by atoms with Crippen molar-refractivity contribution >= 4 is 23.2 Å². The summed E-state index contributed by atoms with van der Waals surface area (Å²) in [4.78, 5) is 2.29. The van der Waals surface area contributed by atoms with Gasteiger partial charge in [-0.15, -0.1) is 0 Å². The number of likely N-dealkylation sites (N-methyl/N-ethyl adjacent to an activating group) is 1. The standard InChI is InChI=1S/C14H19Cl2NO/c1-3-8-18-14(6-7-17(2)10-14)11-4-5-12(15)13(16)9-11/h4-5,9H,3,6-8,10H2,1-2H3. The molecule has 0 bridgehead atoms. The minimum atomic E-state index is -0.223. The van der Waals surface area contributed by atoms with Crippen LogP contribution >= 0.6 is 23.2 Å². The van der Waals surface area contributed by atoms with E-state index in [1.54, 1.807) is 0 Å². The number of rotatable bonds is 4. The Morgan fingerprint density at radius 1 is 1.33 bits per heavy atom. The van der Waals surface area contributed by atoms with E-state index in [9.17, 15) is 0 Å². The molecule has 2 nitrogen and oxygen atoms in total. The topological polar surface area (TPSA) is 12.5 Å². The Morgan fingerprint density at radius 3 is 2.67 bits per heavy atom. The van der Waals surface area contributed by atoms with Gasteiger partial charge < -0.3 is 9.64 Å². The van der Waals surface area contributed by atoms with Gasteiger partial charge in [-0.2, -0.15) is 0 Å². The Morgan fingerprint density at radius 2 is 2.11 bits per heavy atom. The van der Waals surface area contributed by atoms with Gasteiger partial charge in [-0.05, 0) is 37.6 Å². The van der Waals surface area contributed by atoms with Crippen molar-refractivity contribution in [1.29, 1.82) is 0 Å². The fraction of sp³-hybridized carbons (Fsp3) is 0.571. The van der Waals surface area contributed by atoms with Crippen LogP contribution in [-0.4, -0.2) is 31.6 Å². The van der Waals surface area contributed by atoms with Gasteiger partial charge in [0.1, 0.15) is 5.60 Å². The Kier molecular flexibility index (Phi) is 4.54. The van der Waals surface area contributed by atoms with Crippen molar-refractivity contribution in [3.8, 4) is 0 Å². The zero-order valence-electron chi connectivity index (χ0n) is 10.9. The molecule has 4 heteroatoms. The Labute approximate surface area is 119 Å². The smallest absolute Gasteiger partial charge is 0.107 e. The summed E-state index contributed by atoms with van der Waals surface area (Å²) >= 11 is 12.1. The first-order valence-electron chi connectivity index (χ1n) is 6.35. The SMILES string of the molecule is CCCOC1(c2ccc(Cl)c(Cl)c2)CCN(C)C1. The molecule has 0 amide bonds. The van der Waals surface area contributed by atoms with E-state index in [0.717, 1.165) is 38.1 Å². The molecule has 2 rings (SSSR count). The van der Waals surface area contributed by atoms with Crippen LogP contribution in [0, 0.1) is 0 Å². The molecule has 1 fully saturated rings. The molecule has 1 unspecified atom stereocenters. The highest BCUT2D eigenvalue weighted by Crippen LogP contribution is 2.37. The van der Waals surface area contributed by atoms with Crippen molar-refractivity contribution in [2.75, 3.05) is 26.7 Å². The predicted molar refractivity (Wildman–Crippen MR) is 76.5 cm³/mol. The molecule has 0 radical (unpaired) electrons. The lowest BCUT2D eigenvalue weighted by molar-refractivity contribution is -0.0408. The fourth-order valence-corrected chi connectivity index (χ4v) is 2.78. The highest BCUT2D eigenvalue weighted by molar-refractivity contribution is 6.42. The number of nitrogens with zero attached hydrogens (tertiary/aromatic N) is 1. The summed E-state index contributed by atoms with van der Waals surface area (Å²) in [5.74, 6) is 0. The van der Waals surface area contributed by atoms with Gasteiger partial charge in [0.05, 0.1) is 10.0 Å². The van der Waals surface area contributed by atoms with Gasteiger partial charge in [0.2, 0.25) is 0 Å². The lowest BCUT2D eigenvalue weighted by Crippen LogP contribution is -2.33. The molecule has 1 atom stereocenters. The van der Waals surface area contributed by atoms with Crippen LogP contribution in [0.15, 0.2) is 18.2 Å². The molecule has 0 aromatic heterocycles. The summed E-state index contributed by atoms with van der Waals surface area (Å²) < 4.78 is 6.15. The minimum absolute atomic E-state index is 0.223. The van der Waals surface area contributed by atoms with Gasteiger partial charge in [-0.25, -0.2) is 0 Å². The first-order valence-corrected chi connectivity index (χ1v) is 7.11. The fourth-order valence-electron chi connectivity index (χ4n) is 2.48. The zero-order chi connectivity index (χ0) is 13.2. The monoisotopic (exact) mass is 287 g/mol. The molecule has 1 heterocycles. The second kappa shape index (κ2) is 5.79. The number of benzene rings is 1. The lowest BCUT2D eigenvalue weighted by Gasteiger charge is -2.30. The minimum Gasteiger partial charge on any atom is -0.369 e. The second-order valence-corrected chi connectivity index (χ2v) is 5.77. The van der Waals surface area contributed by atoms with Crippen molar-refractivity contribution in [2.24, 2.45) is 0 Å². The predicted octanol–water partition coefficient (Wildman–Crippen LogP) is 3.95. The number of likely N-dealkylation sites (tertiary alicyclic amines) is 1. The Bertz CT molecular complexity index is 424. The normalized spacial score (nSPS) is 24.7. The maximum Gasteiger partial charge on any atom is 0.107 e. The number of halogens is 2. The van der Waals surface area contributed by atoms with Gasteiger partial charge in [-0.3, -0.25) is 0 Å². The van der Waals surface area contributed by atoms with Crippen LogP contribution in [0.3, 0.4) is 0 Å². The quantitative estimate of drug-likeness (QED) is 0.831. The van der Waals surface area contributed by atoms with E-state index < -0.39 is 0 Å². The third-order valence-corrected chi connectivity index (χ3v) is 4.19. The first kappa shape index (κ1) is 14.1. The van der Waals surface area contributed by atoms with E-state index in [2.05, 4.69) is 18.9 Å². The third-order valence-electron chi connectivity index (χ3n) is 3.45. The maximum absolute atomic E-state index is 6.15. The number of hydrogen-bond donors (Lipinski definition) is 0. The molecule has 100 valence electrons. The van der Waals surface area contributed by atoms with Crippen LogP contribution in [0.5, 0.6) is 0 Å². The van der Waals surface area contributed by atoms with E-state index in [0.29, 0.717) is 10.0 Å².